The van der Waals surface area contributed by atoms with Crippen molar-refractivity contribution in [3.05, 3.63) is 34.7 Å². The van der Waals surface area contributed by atoms with Gasteiger partial charge < -0.3 is 24.5 Å². The number of rotatable bonds is 5. The summed E-state index contributed by atoms with van der Waals surface area (Å²) in [6.07, 6.45) is -0.471. The lowest BCUT2D eigenvalue weighted by Crippen LogP contribution is -2.45. The number of imidazole rings is 1. The minimum atomic E-state index is -4.37. The van der Waals surface area contributed by atoms with E-state index in [9.17, 15) is 18.0 Å². The van der Waals surface area contributed by atoms with Crippen LogP contribution in [0.4, 0.5) is 13.2 Å². The molecule has 196 valence electrons. The molecule has 1 saturated heterocycles. The summed E-state index contributed by atoms with van der Waals surface area (Å²) in [4.78, 5) is 19.9. The highest BCUT2D eigenvalue weighted by Crippen LogP contribution is 2.43. The van der Waals surface area contributed by atoms with Crippen LogP contribution in [0.1, 0.15) is 40.9 Å². The van der Waals surface area contributed by atoms with Gasteiger partial charge in [0.05, 0.1) is 18.3 Å². The second-order valence-corrected chi connectivity index (χ2v) is 11.2. The van der Waals surface area contributed by atoms with Crippen LogP contribution in [0.2, 0.25) is 0 Å². The smallest absolute Gasteiger partial charge is 0.425 e. The van der Waals surface area contributed by atoms with E-state index in [0.717, 1.165) is 48.2 Å². The van der Waals surface area contributed by atoms with Gasteiger partial charge in [-0.1, -0.05) is 0 Å². The molecule has 4 aromatic rings. The fourth-order valence-electron chi connectivity index (χ4n) is 5.30. The van der Waals surface area contributed by atoms with E-state index in [4.69, 9.17) is 15.5 Å². The van der Waals surface area contributed by atoms with Crippen LogP contribution < -0.4 is 10.5 Å². The maximum atomic E-state index is 13.4. The van der Waals surface area contributed by atoms with Gasteiger partial charge >= 0.3 is 6.18 Å². The van der Waals surface area contributed by atoms with E-state index in [1.54, 1.807) is 30.2 Å². The van der Waals surface area contributed by atoms with Crippen molar-refractivity contribution in [3.8, 4) is 17.3 Å². The first-order chi connectivity index (χ1) is 17.6. The number of likely N-dealkylation sites (tertiary alicyclic amines) is 1. The summed E-state index contributed by atoms with van der Waals surface area (Å²) in [7, 11) is 3.42. The number of halogens is 3. The molecule has 2 fully saturated rings. The molecular weight excluding hydrogens is 503 g/mol. The Balaban J connectivity index is 1.46. The zero-order valence-electron chi connectivity index (χ0n) is 20.6. The summed E-state index contributed by atoms with van der Waals surface area (Å²) in [5.74, 6) is 1.48. The Kier molecular flexibility index (Phi) is 5.76. The third kappa shape index (κ3) is 4.27. The van der Waals surface area contributed by atoms with Crippen LogP contribution in [0.25, 0.3) is 32.8 Å². The summed E-state index contributed by atoms with van der Waals surface area (Å²) >= 11 is 0.775. The fraction of sp³-hybridized carbons (Fsp3) is 0.462. The lowest BCUT2D eigenvalue weighted by atomic mass is 10.0. The average Bonchev–Trinajstić information content (AvgIpc) is 3.34. The first-order valence-electron chi connectivity index (χ1n) is 12.4. The summed E-state index contributed by atoms with van der Waals surface area (Å²) in [6, 6.07) is 6.47. The molecule has 2 aliphatic rings. The number of piperidine rings is 1. The molecule has 11 heteroatoms. The lowest BCUT2D eigenvalue weighted by Gasteiger charge is -2.30. The molecule has 0 unspecified atom stereocenters. The summed E-state index contributed by atoms with van der Waals surface area (Å²) in [5, 5.41) is 0.560. The van der Waals surface area contributed by atoms with Crippen LogP contribution in [0.15, 0.2) is 24.3 Å². The quantitative estimate of drug-likeness (QED) is 0.381. The SMILES string of the molecule is COc1cc(C(=O)N2CCC[C@@H](N)C2)cc2nc(-c3cc4cc(C(F)(F)F)sc4n3CC3CC3)n(C)c12. The molecule has 1 saturated carbocycles. The molecule has 4 heterocycles. The van der Waals surface area contributed by atoms with E-state index in [1.165, 1.54) is 6.07 Å². The summed E-state index contributed by atoms with van der Waals surface area (Å²) in [5.41, 5.74) is 8.65. The first kappa shape index (κ1) is 24.3. The molecule has 7 nitrogen and oxygen atoms in total. The Morgan fingerprint density at radius 1 is 1.22 bits per heavy atom. The van der Waals surface area contributed by atoms with Gasteiger partial charge in [0.1, 0.15) is 21.0 Å². The molecular formula is C26H28F3N5O2S. The number of hydrogen-bond acceptors (Lipinski definition) is 5. The molecule has 2 N–H and O–H groups in total. The number of ether oxygens (including phenoxy) is 1. The summed E-state index contributed by atoms with van der Waals surface area (Å²) < 4.78 is 49.8. The van der Waals surface area contributed by atoms with Crippen LogP contribution in [-0.2, 0) is 19.8 Å². The van der Waals surface area contributed by atoms with Gasteiger partial charge in [-0.15, -0.1) is 11.3 Å². The maximum Gasteiger partial charge on any atom is 0.425 e. The van der Waals surface area contributed by atoms with Crippen LogP contribution in [0, 0.1) is 5.92 Å². The molecule has 1 aliphatic carbocycles. The van der Waals surface area contributed by atoms with Gasteiger partial charge in [-0.3, -0.25) is 4.79 Å². The number of carbonyl (C=O) groups is 1. The second-order valence-electron chi connectivity index (χ2n) is 10.1. The normalized spacial score (nSPS) is 18.8. The van der Waals surface area contributed by atoms with Crippen LogP contribution in [0.3, 0.4) is 0 Å². The van der Waals surface area contributed by atoms with Gasteiger partial charge in [-0.2, -0.15) is 13.2 Å². The third-order valence-corrected chi connectivity index (χ3v) is 8.58. The van der Waals surface area contributed by atoms with E-state index >= 15 is 0 Å². The zero-order valence-corrected chi connectivity index (χ0v) is 21.5. The van der Waals surface area contributed by atoms with Crippen molar-refractivity contribution in [2.75, 3.05) is 20.2 Å². The highest BCUT2D eigenvalue weighted by Gasteiger charge is 2.35. The van der Waals surface area contributed by atoms with Crippen molar-refractivity contribution in [3.63, 3.8) is 0 Å². The Labute approximate surface area is 215 Å². The molecule has 6 rings (SSSR count). The lowest BCUT2D eigenvalue weighted by molar-refractivity contribution is -0.134. The van der Waals surface area contributed by atoms with Gasteiger partial charge in [-0.25, -0.2) is 4.98 Å². The molecule has 37 heavy (non-hydrogen) atoms. The van der Waals surface area contributed by atoms with Gasteiger partial charge in [0.25, 0.3) is 5.91 Å². The monoisotopic (exact) mass is 531 g/mol. The Hall–Kier alpha value is -3.05. The first-order valence-corrected chi connectivity index (χ1v) is 13.3. The van der Waals surface area contributed by atoms with Crippen LogP contribution >= 0.6 is 11.3 Å². The topological polar surface area (TPSA) is 78.3 Å². The predicted octanol–water partition coefficient (Wildman–Crippen LogP) is 5.26. The third-order valence-electron chi connectivity index (χ3n) is 7.36. The number of nitrogens with two attached hydrogens (primary N) is 1. The van der Waals surface area contributed by atoms with Crippen molar-refractivity contribution in [1.29, 1.82) is 0 Å². The molecule has 1 amide bonds. The van der Waals surface area contributed by atoms with Crippen molar-refractivity contribution >= 4 is 38.5 Å². The average molecular weight is 532 g/mol. The minimum absolute atomic E-state index is 0.0317. The number of nitrogens with zero attached hydrogens (tertiary/aromatic N) is 4. The number of fused-ring (bicyclic) bond motifs is 2. The molecule has 0 bridgehead atoms. The van der Waals surface area contributed by atoms with Gasteiger partial charge in [0, 0.05) is 43.7 Å². The second kappa shape index (κ2) is 8.76. The number of carbonyl (C=O) groups excluding carboxylic acids is 1. The molecule has 1 atom stereocenters. The number of amides is 1. The largest absolute Gasteiger partial charge is 0.494 e. The number of thiophene rings is 1. The Bertz CT molecular complexity index is 1510. The highest BCUT2D eigenvalue weighted by molar-refractivity contribution is 7.18. The van der Waals surface area contributed by atoms with Crippen molar-refractivity contribution in [2.45, 2.75) is 44.4 Å². The number of aromatic nitrogens is 3. The van der Waals surface area contributed by atoms with Crippen LogP contribution in [0.5, 0.6) is 5.75 Å². The van der Waals surface area contributed by atoms with E-state index in [1.807, 2.05) is 16.2 Å². The van der Waals surface area contributed by atoms with E-state index in [2.05, 4.69) is 0 Å². The number of hydrogen-bond donors (Lipinski definition) is 1. The molecule has 0 radical (unpaired) electrons. The van der Waals surface area contributed by atoms with E-state index < -0.39 is 11.1 Å². The molecule has 1 aliphatic heterocycles. The fourth-order valence-corrected chi connectivity index (χ4v) is 6.33. The van der Waals surface area contributed by atoms with Crippen LogP contribution in [-0.4, -0.2) is 51.2 Å². The van der Waals surface area contributed by atoms with Crippen molar-refractivity contribution in [2.24, 2.45) is 18.7 Å². The predicted molar refractivity (Wildman–Crippen MR) is 137 cm³/mol. The number of alkyl halides is 3. The Morgan fingerprint density at radius 2 is 2.00 bits per heavy atom. The molecule has 1 aromatic carbocycles. The van der Waals surface area contributed by atoms with Crippen molar-refractivity contribution < 1.29 is 22.7 Å². The highest BCUT2D eigenvalue weighted by atomic mass is 32.1. The zero-order chi connectivity index (χ0) is 26.1. The summed E-state index contributed by atoms with van der Waals surface area (Å²) in [6.45, 7) is 1.82. The maximum absolute atomic E-state index is 13.4. The van der Waals surface area contributed by atoms with Gasteiger partial charge in [-0.05, 0) is 55.9 Å². The standard InChI is InChI=1S/C26H28F3N5O2S/c1-32-22-18(8-15(10-20(22)36-2)24(35)33-7-3-4-17(30)13-33)31-23(32)19-9-16-11-21(26(27,28)29)37-25(16)34(19)12-14-5-6-14/h8-11,14,17H,3-7,12-13,30H2,1-2H3/t17-/m1/s1. The minimum Gasteiger partial charge on any atom is -0.494 e. The number of aryl methyl sites for hydroxylation is 1. The van der Waals surface area contributed by atoms with E-state index in [0.29, 0.717) is 58.4 Å². The van der Waals surface area contributed by atoms with E-state index in [-0.39, 0.29) is 11.9 Å². The number of benzene rings is 1. The van der Waals surface area contributed by atoms with Gasteiger partial charge in [0.2, 0.25) is 0 Å². The van der Waals surface area contributed by atoms with Crippen molar-refractivity contribution in [1.82, 2.24) is 19.0 Å². The van der Waals surface area contributed by atoms with Gasteiger partial charge in [0.15, 0.2) is 5.82 Å². The molecule has 3 aromatic heterocycles. The Morgan fingerprint density at radius 3 is 2.68 bits per heavy atom. The number of methoxy groups -OCH3 is 1. The molecule has 0 spiro atoms.